The van der Waals surface area contributed by atoms with Crippen LogP contribution in [-0.4, -0.2) is 21.3 Å². The van der Waals surface area contributed by atoms with E-state index in [9.17, 15) is 0 Å². The zero-order chi connectivity index (χ0) is 14.2. The van der Waals surface area contributed by atoms with Gasteiger partial charge in [-0.3, -0.25) is 10.4 Å². The largest absolute Gasteiger partial charge is 0.262 e. The van der Waals surface area contributed by atoms with Crippen LogP contribution in [0.25, 0.3) is 0 Å². The van der Waals surface area contributed by atoms with Crippen LogP contribution < -0.4 is 5.43 Å². The van der Waals surface area contributed by atoms with Crippen molar-refractivity contribution in [1.82, 2.24) is 10.4 Å². The van der Waals surface area contributed by atoms with Gasteiger partial charge < -0.3 is 0 Å². The summed E-state index contributed by atoms with van der Waals surface area (Å²) in [5.41, 5.74) is 5.81. The molecule has 2 rings (SSSR count). The Labute approximate surface area is 128 Å². The Kier molecular flexibility index (Phi) is 5.70. The average Bonchev–Trinajstić information content (AvgIpc) is 2.53. The standard InChI is InChI=1S/C15H15N3S2/c1-20-15(19)18-17-14(13-9-5-6-10-16-13)11-12-7-3-2-4-8-12/h2-10H,11H2,1H3,(H,18,19)/b17-14-. The molecular weight excluding hydrogens is 286 g/mol. The summed E-state index contributed by atoms with van der Waals surface area (Å²) < 4.78 is 0.645. The Morgan fingerprint density at radius 3 is 2.60 bits per heavy atom. The zero-order valence-corrected chi connectivity index (χ0v) is 12.7. The Bertz CT molecular complexity index is 583. The summed E-state index contributed by atoms with van der Waals surface area (Å²) in [7, 11) is 0. The van der Waals surface area contributed by atoms with Gasteiger partial charge in [0.15, 0.2) is 4.32 Å². The summed E-state index contributed by atoms with van der Waals surface area (Å²) in [5, 5.41) is 4.40. The third kappa shape index (κ3) is 4.43. The van der Waals surface area contributed by atoms with Gasteiger partial charge in [-0.25, -0.2) is 0 Å². The molecule has 0 saturated carbocycles. The molecule has 5 heteroatoms. The van der Waals surface area contributed by atoms with Crippen molar-refractivity contribution in [3.8, 4) is 0 Å². The number of aromatic nitrogens is 1. The van der Waals surface area contributed by atoms with Crippen molar-refractivity contribution in [3.63, 3.8) is 0 Å². The molecule has 1 N–H and O–H groups in total. The SMILES string of the molecule is CSC(=S)N/N=C(/Cc1ccccc1)c1ccccn1. The molecule has 1 aromatic carbocycles. The second-order valence-corrected chi connectivity index (χ2v) is 5.52. The molecule has 0 bridgehead atoms. The van der Waals surface area contributed by atoms with Gasteiger partial charge in [-0.15, -0.1) is 0 Å². The van der Waals surface area contributed by atoms with Gasteiger partial charge in [-0.1, -0.05) is 60.4 Å². The molecule has 0 atom stereocenters. The molecular formula is C15H15N3S2. The first kappa shape index (κ1) is 14.7. The molecule has 0 amide bonds. The third-order valence-electron chi connectivity index (χ3n) is 2.64. The van der Waals surface area contributed by atoms with Crippen LogP contribution in [0, 0.1) is 0 Å². The van der Waals surface area contributed by atoms with Gasteiger partial charge in [0.25, 0.3) is 0 Å². The maximum Gasteiger partial charge on any atom is 0.153 e. The molecule has 0 aliphatic carbocycles. The van der Waals surface area contributed by atoms with E-state index in [-0.39, 0.29) is 0 Å². The third-order valence-corrected chi connectivity index (χ3v) is 3.70. The molecule has 1 aromatic heterocycles. The van der Waals surface area contributed by atoms with Gasteiger partial charge in [0.05, 0.1) is 11.4 Å². The maximum atomic E-state index is 5.11. The number of rotatable bonds is 4. The average molecular weight is 301 g/mol. The van der Waals surface area contributed by atoms with E-state index < -0.39 is 0 Å². The van der Waals surface area contributed by atoms with Crippen LogP contribution in [0.15, 0.2) is 59.8 Å². The second kappa shape index (κ2) is 7.77. The number of thioether (sulfide) groups is 1. The summed E-state index contributed by atoms with van der Waals surface area (Å²) in [4.78, 5) is 4.36. The van der Waals surface area contributed by atoms with Crippen LogP contribution in [0.4, 0.5) is 0 Å². The molecule has 3 nitrogen and oxygen atoms in total. The van der Waals surface area contributed by atoms with Gasteiger partial charge in [-0.05, 0) is 24.0 Å². The van der Waals surface area contributed by atoms with E-state index in [1.54, 1.807) is 6.20 Å². The van der Waals surface area contributed by atoms with Crippen LogP contribution in [0.3, 0.4) is 0 Å². The summed E-state index contributed by atoms with van der Waals surface area (Å²) >= 11 is 6.57. The summed E-state index contributed by atoms with van der Waals surface area (Å²) in [5.74, 6) is 0. The lowest BCUT2D eigenvalue weighted by Gasteiger charge is -2.07. The highest BCUT2D eigenvalue weighted by atomic mass is 32.2. The fourth-order valence-electron chi connectivity index (χ4n) is 1.67. The number of thiocarbonyl (C=S) groups is 1. The van der Waals surface area contributed by atoms with Crippen molar-refractivity contribution in [2.75, 3.05) is 6.26 Å². The van der Waals surface area contributed by atoms with E-state index >= 15 is 0 Å². The van der Waals surface area contributed by atoms with E-state index in [4.69, 9.17) is 12.2 Å². The van der Waals surface area contributed by atoms with Crippen molar-refractivity contribution in [2.45, 2.75) is 6.42 Å². The maximum absolute atomic E-state index is 5.11. The fraction of sp³-hybridized carbons (Fsp3) is 0.133. The lowest BCUT2D eigenvalue weighted by molar-refractivity contribution is 1.04. The van der Waals surface area contributed by atoms with Gasteiger partial charge in [0.2, 0.25) is 0 Å². The van der Waals surface area contributed by atoms with E-state index in [1.807, 2.05) is 42.7 Å². The van der Waals surface area contributed by atoms with Crippen LogP contribution in [0.2, 0.25) is 0 Å². The fourth-order valence-corrected chi connectivity index (χ4v) is 1.85. The van der Waals surface area contributed by atoms with E-state index in [2.05, 4.69) is 27.6 Å². The molecule has 2 aromatic rings. The minimum atomic E-state index is 0.645. The smallest absolute Gasteiger partial charge is 0.153 e. The van der Waals surface area contributed by atoms with Crippen LogP contribution >= 0.6 is 24.0 Å². The highest BCUT2D eigenvalue weighted by Gasteiger charge is 2.06. The van der Waals surface area contributed by atoms with Crippen molar-refractivity contribution in [1.29, 1.82) is 0 Å². The molecule has 0 aliphatic rings. The first-order chi connectivity index (χ1) is 9.79. The number of benzene rings is 1. The van der Waals surface area contributed by atoms with Crippen LogP contribution in [0.5, 0.6) is 0 Å². The number of hydrogen-bond donors (Lipinski definition) is 1. The van der Waals surface area contributed by atoms with Crippen molar-refractivity contribution in [2.24, 2.45) is 5.10 Å². The Morgan fingerprint density at radius 2 is 1.95 bits per heavy atom. The van der Waals surface area contributed by atoms with Gasteiger partial charge in [-0.2, -0.15) is 5.10 Å². The molecule has 1 heterocycles. The Morgan fingerprint density at radius 1 is 1.20 bits per heavy atom. The lowest BCUT2D eigenvalue weighted by Crippen LogP contribution is -2.17. The van der Waals surface area contributed by atoms with Crippen molar-refractivity contribution in [3.05, 3.63) is 66.0 Å². The number of hydrazone groups is 1. The van der Waals surface area contributed by atoms with Crippen LogP contribution in [-0.2, 0) is 6.42 Å². The Balaban J connectivity index is 2.23. The zero-order valence-electron chi connectivity index (χ0n) is 11.1. The Hall–Kier alpha value is -1.72. The number of nitrogens with one attached hydrogen (secondary N) is 1. The molecule has 20 heavy (non-hydrogen) atoms. The molecule has 0 spiro atoms. The second-order valence-electron chi connectivity index (χ2n) is 4.04. The van der Waals surface area contributed by atoms with Gasteiger partial charge in [0.1, 0.15) is 0 Å². The lowest BCUT2D eigenvalue weighted by atomic mass is 10.1. The molecule has 102 valence electrons. The topological polar surface area (TPSA) is 37.3 Å². The monoisotopic (exact) mass is 301 g/mol. The first-order valence-corrected chi connectivity index (χ1v) is 7.78. The summed E-state index contributed by atoms with van der Waals surface area (Å²) in [6.07, 6.45) is 4.40. The molecule has 0 aliphatic heterocycles. The summed E-state index contributed by atoms with van der Waals surface area (Å²) in [6, 6.07) is 16.0. The highest BCUT2D eigenvalue weighted by molar-refractivity contribution is 8.22. The number of nitrogens with zero attached hydrogens (tertiary/aromatic N) is 2. The van der Waals surface area contributed by atoms with Crippen molar-refractivity contribution >= 4 is 34.0 Å². The highest BCUT2D eigenvalue weighted by Crippen LogP contribution is 2.06. The predicted octanol–water partition coefficient (Wildman–Crippen LogP) is 3.27. The minimum absolute atomic E-state index is 0.645. The summed E-state index contributed by atoms with van der Waals surface area (Å²) in [6.45, 7) is 0. The van der Waals surface area contributed by atoms with E-state index in [0.29, 0.717) is 10.7 Å². The van der Waals surface area contributed by atoms with Gasteiger partial charge >= 0.3 is 0 Å². The molecule has 0 saturated heterocycles. The van der Waals surface area contributed by atoms with Crippen molar-refractivity contribution < 1.29 is 0 Å². The number of hydrogen-bond acceptors (Lipinski definition) is 4. The van der Waals surface area contributed by atoms with Gasteiger partial charge in [0, 0.05) is 12.6 Å². The number of pyridine rings is 1. The minimum Gasteiger partial charge on any atom is -0.262 e. The molecule has 0 fully saturated rings. The molecule has 0 radical (unpaired) electrons. The first-order valence-electron chi connectivity index (χ1n) is 6.15. The normalized spacial score (nSPS) is 11.2. The van der Waals surface area contributed by atoms with E-state index in [0.717, 1.165) is 11.4 Å². The molecule has 0 unspecified atom stereocenters. The quantitative estimate of drug-likeness (QED) is 0.534. The predicted molar refractivity (Wildman–Crippen MR) is 90.2 cm³/mol. The van der Waals surface area contributed by atoms with Crippen LogP contribution in [0.1, 0.15) is 11.3 Å². The van der Waals surface area contributed by atoms with E-state index in [1.165, 1.54) is 17.3 Å².